The highest BCUT2D eigenvalue weighted by atomic mass is 16.1. The Morgan fingerprint density at radius 2 is 2.29 bits per heavy atom. The van der Waals surface area contributed by atoms with E-state index in [0.29, 0.717) is 5.78 Å². The standard InChI is InChI=1S/C12H13NO/c1-8-7-13-6-5-9-3-2-4-10(11(9)13)12(8)14/h2-4,8H,5-7H2,1H3/t8-/m1/s1. The Balaban J connectivity index is 2.24. The largest absolute Gasteiger partial charge is 0.370 e. The minimum absolute atomic E-state index is 0.163. The molecule has 3 rings (SSSR count). The van der Waals surface area contributed by atoms with E-state index in [0.717, 1.165) is 25.1 Å². The van der Waals surface area contributed by atoms with Crippen LogP contribution in [0.25, 0.3) is 0 Å². The molecule has 0 fully saturated rings. The monoisotopic (exact) mass is 187 g/mol. The maximum atomic E-state index is 11.9. The molecule has 0 aliphatic carbocycles. The highest BCUT2D eigenvalue weighted by Gasteiger charge is 2.33. The van der Waals surface area contributed by atoms with Crippen molar-refractivity contribution in [3.63, 3.8) is 0 Å². The molecular weight excluding hydrogens is 174 g/mol. The van der Waals surface area contributed by atoms with Crippen LogP contribution >= 0.6 is 0 Å². The van der Waals surface area contributed by atoms with Crippen LogP contribution in [0.2, 0.25) is 0 Å². The molecule has 2 heteroatoms. The smallest absolute Gasteiger partial charge is 0.169 e. The first-order valence-corrected chi connectivity index (χ1v) is 5.18. The lowest BCUT2D eigenvalue weighted by atomic mass is 9.92. The number of benzene rings is 1. The van der Waals surface area contributed by atoms with Crippen molar-refractivity contribution >= 4 is 11.5 Å². The van der Waals surface area contributed by atoms with Crippen molar-refractivity contribution in [1.29, 1.82) is 0 Å². The Hall–Kier alpha value is -1.31. The van der Waals surface area contributed by atoms with Gasteiger partial charge in [0.15, 0.2) is 5.78 Å². The maximum Gasteiger partial charge on any atom is 0.169 e. The van der Waals surface area contributed by atoms with E-state index in [1.54, 1.807) is 0 Å². The molecule has 0 amide bonds. The van der Waals surface area contributed by atoms with Gasteiger partial charge in [0.25, 0.3) is 0 Å². The van der Waals surface area contributed by atoms with Gasteiger partial charge in [-0.2, -0.15) is 0 Å². The molecule has 0 saturated carbocycles. The fourth-order valence-corrected chi connectivity index (χ4v) is 2.59. The van der Waals surface area contributed by atoms with Gasteiger partial charge >= 0.3 is 0 Å². The van der Waals surface area contributed by atoms with Crippen molar-refractivity contribution in [3.8, 4) is 0 Å². The van der Waals surface area contributed by atoms with Crippen LogP contribution in [0, 0.1) is 5.92 Å². The van der Waals surface area contributed by atoms with E-state index in [1.165, 1.54) is 11.3 Å². The van der Waals surface area contributed by atoms with Crippen LogP contribution in [0.3, 0.4) is 0 Å². The molecule has 0 unspecified atom stereocenters. The first-order chi connectivity index (χ1) is 6.77. The van der Waals surface area contributed by atoms with Crippen molar-refractivity contribution in [3.05, 3.63) is 29.3 Å². The summed E-state index contributed by atoms with van der Waals surface area (Å²) in [4.78, 5) is 14.3. The number of para-hydroxylation sites is 1. The Morgan fingerprint density at radius 3 is 3.14 bits per heavy atom. The first kappa shape index (κ1) is 8.04. The predicted octanol–water partition coefficient (Wildman–Crippen LogP) is 1.88. The highest BCUT2D eigenvalue weighted by molar-refractivity contribution is 6.05. The van der Waals surface area contributed by atoms with Crippen molar-refractivity contribution in [1.82, 2.24) is 0 Å². The van der Waals surface area contributed by atoms with Crippen LogP contribution in [0.1, 0.15) is 22.8 Å². The zero-order chi connectivity index (χ0) is 9.71. The third kappa shape index (κ3) is 0.884. The number of nitrogens with zero attached hydrogens (tertiary/aromatic N) is 1. The van der Waals surface area contributed by atoms with Crippen molar-refractivity contribution in [2.45, 2.75) is 13.3 Å². The van der Waals surface area contributed by atoms with Crippen molar-refractivity contribution in [2.24, 2.45) is 5.92 Å². The molecule has 1 aromatic carbocycles. The molecule has 0 bridgehead atoms. The SMILES string of the molecule is C[C@@H]1CN2CCc3cccc(c32)C1=O. The van der Waals surface area contributed by atoms with Gasteiger partial charge in [-0.25, -0.2) is 0 Å². The maximum absolute atomic E-state index is 11.9. The first-order valence-electron chi connectivity index (χ1n) is 5.18. The lowest BCUT2D eigenvalue weighted by Gasteiger charge is -2.30. The van der Waals surface area contributed by atoms with Gasteiger partial charge in [0.05, 0.1) is 5.69 Å². The van der Waals surface area contributed by atoms with Crippen LogP contribution < -0.4 is 4.90 Å². The number of ketones is 1. The summed E-state index contributed by atoms with van der Waals surface area (Å²) in [5.41, 5.74) is 3.51. The molecule has 0 N–H and O–H groups in total. The van der Waals surface area contributed by atoms with E-state index in [-0.39, 0.29) is 5.92 Å². The normalized spacial score (nSPS) is 23.9. The number of carbonyl (C=O) groups excluding carboxylic acids is 1. The van der Waals surface area contributed by atoms with Crippen LogP contribution in [0.4, 0.5) is 5.69 Å². The van der Waals surface area contributed by atoms with Gasteiger partial charge in [0.2, 0.25) is 0 Å². The van der Waals surface area contributed by atoms with Crippen LogP contribution in [0.5, 0.6) is 0 Å². The van der Waals surface area contributed by atoms with Gasteiger partial charge in [-0.3, -0.25) is 4.79 Å². The second kappa shape index (κ2) is 2.59. The van der Waals surface area contributed by atoms with E-state index in [9.17, 15) is 4.79 Å². The molecule has 0 spiro atoms. The number of carbonyl (C=O) groups is 1. The second-order valence-electron chi connectivity index (χ2n) is 4.27. The zero-order valence-corrected chi connectivity index (χ0v) is 8.29. The summed E-state index contributed by atoms with van der Waals surface area (Å²) in [7, 11) is 0. The minimum atomic E-state index is 0.163. The lowest BCUT2D eigenvalue weighted by Crippen LogP contribution is -2.36. The average molecular weight is 187 g/mol. The predicted molar refractivity (Wildman–Crippen MR) is 55.9 cm³/mol. The van der Waals surface area contributed by atoms with Crippen molar-refractivity contribution in [2.75, 3.05) is 18.0 Å². The Kier molecular flexibility index (Phi) is 1.49. The molecule has 2 aliphatic heterocycles. The highest BCUT2D eigenvalue weighted by Crippen LogP contribution is 2.37. The fourth-order valence-electron chi connectivity index (χ4n) is 2.59. The van der Waals surface area contributed by atoms with Crippen LogP contribution in [-0.4, -0.2) is 18.9 Å². The van der Waals surface area contributed by atoms with Gasteiger partial charge in [-0.1, -0.05) is 19.1 Å². The molecule has 2 aliphatic rings. The Bertz CT molecular complexity index is 411. The summed E-state index contributed by atoms with van der Waals surface area (Å²) in [5.74, 6) is 0.482. The summed E-state index contributed by atoms with van der Waals surface area (Å²) >= 11 is 0. The Labute approximate surface area is 83.5 Å². The molecule has 1 atom stereocenters. The molecule has 1 aromatic rings. The molecule has 14 heavy (non-hydrogen) atoms. The number of Topliss-reactive ketones (excluding diaryl/α,β-unsaturated/α-hetero) is 1. The summed E-state index contributed by atoms with van der Waals surface area (Å²) in [6.45, 7) is 4.02. The minimum Gasteiger partial charge on any atom is -0.370 e. The molecule has 72 valence electrons. The summed E-state index contributed by atoms with van der Waals surface area (Å²) < 4.78 is 0. The molecule has 0 saturated heterocycles. The lowest BCUT2D eigenvalue weighted by molar-refractivity contribution is 0.0927. The van der Waals surface area contributed by atoms with E-state index in [1.807, 2.05) is 19.1 Å². The fraction of sp³-hybridized carbons (Fsp3) is 0.417. The van der Waals surface area contributed by atoms with E-state index >= 15 is 0 Å². The molecule has 0 radical (unpaired) electrons. The van der Waals surface area contributed by atoms with Crippen molar-refractivity contribution < 1.29 is 4.79 Å². The molecule has 2 nitrogen and oxygen atoms in total. The quantitative estimate of drug-likeness (QED) is 0.618. The van der Waals surface area contributed by atoms with Gasteiger partial charge in [-0.05, 0) is 18.1 Å². The third-order valence-electron chi connectivity index (χ3n) is 3.29. The Morgan fingerprint density at radius 1 is 1.43 bits per heavy atom. The number of rotatable bonds is 0. The van der Waals surface area contributed by atoms with Gasteiger partial charge in [0.1, 0.15) is 0 Å². The van der Waals surface area contributed by atoms with Gasteiger partial charge in [0, 0.05) is 24.6 Å². The summed E-state index contributed by atoms with van der Waals surface area (Å²) in [6, 6.07) is 6.12. The second-order valence-corrected chi connectivity index (χ2v) is 4.27. The number of hydrogen-bond donors (Lipinski definition) is 0. The molecule has 2 heterocycles. The van der Waals surface area contributed by atoms with Crippen LogP contribution in [0.15, 0.2) is 18.2 Å². The van der Waals surface area contributed by atoms with E-state index in [4.69, 9.17) is 0 Å². The van der Waals surface area contributed by atoms with Crippen LogP contribution in [-0.2, 0) is 6.42 Å². The third-order valence-corrected chi connectivity index (χ3v) is 3.29. The number of anilines is 1. The summed E-state index contributed by atoms with van der Waals surface area (Å²) in [5, 5.41) is 0. The van der Waals surface area contributed by atoms with E-state index < -0.39 is 0 Å². The average Bonchev–Trinajstić information content (AvgIpc) is 2.59. The topological polar surface area (TPSA) is 20.3 Å². The molecular formula is C12H13NO. The number of hydrogen-bond acceptors (Lipinski definition) is 2. The zero-order valence-electron chi connectivity index (χ0n) is 8.29. The van der Waals surface area contributed by atoms with Gasteiger partial charge < -0.3 is 4.90 Å². The van der Waals surface area contributed by atoms with Gasteiger partial charge in [-0.15, -0.1) is 0 Å². The van der Waals surface area contributed by atoms with E-state index in [2.05, 4.69) is 11.0 Å². The molecule has 0 aromatic heterocycles. The summed E-state index contributed by atoms with van der Waals surface area (Å²) in [6.07, 6.45) is 1.10.